The van der Waals surface area contributed by atoms with Crippen molar-refractivity contribution >= 4 is 0 Å². The average Bonchev–Trinajstić information content (AvgIpc) is 2.52. The molecule has 1 atom stereocenters. The highest BCUT2D eigenvalue weighted by Gasteiger charge is 2.10. The van der Waals surface area contributed by atoms with Gasteiger partial charge in [-0.2, -0.15) is 0 Å². The second-order valence-corrected chi connectivity index (χ2v) is 3.64. The summed E-state index contributed by atoms with van der Waals surface area (Å²) in [7, 11) is 1.61. The van der Waals surface area contributed by atoms with Crippen molar-refractivity contribution in [2.45, 2.75) is 12.5 Å². The molecule has 0 radical (unpaired) electrons. The molecule has 0 fully saturated rings. The Morgan fingerprint density at radius 3 is 2.69 bits per heavy atom. The van der Waals surface area contributed by atoms with E-state index in [1.807, 2.05) is 24.3 Å². The standard InChI is InChI=1S/C13H18N2O/c1-9(14)13(15)12-6-4-5-11(7-8-12)10(2)16-3/h4,6-8,13H,1-2,5,14-15H2,3H3. The van der Waals surface area contributed by atoms with E-state index in [9.17, 15) is 0 Å². The molecule has 16 heavy (non-hydrogen) atoms. The smallest absolute Gasteiger partial charge is 0.115 e. The Hall–Kier alpha value is -1.74. The number of rotatable bonds is 4. The summed E-state index contributed by atoms with van der Waals surface area (Å²) in [5.74, 6) is 0.669. The van der Waals surface area contributed by atoms with Crippen LogP contribution in [0.25, 0.3) is 0 Å². The van der Waals surface area contributed by atoms with E-state index < -0.39 is 0 Å². The van der Waals surface area contributed by atoms with Gasteiger partial charge in [-0.15, -0.1) is 0 Å². The van der Waals surface area contributed by atoms with Gasteiger partial charge in [0.15, 0.2) is 0 Å². The lowest BCUT2D eigenvalue weighted by Gasteiger charge is -2.11. The van der Waals surface area contributed by atoms with Gasteiger partial charge in [0.25, 0.3) is 0 Å². The minimum Gasteiger partial charge on any atom is -0.497 e. The van der Waals surface area contributed by atoms with Crippen molar-refractivity contribution in [2.24, 2.45) is 11.5 Å². The van der Waals surface area contributed by atoms with Gasteiger partial charge in [0, 0.05) is 5.70 Å². The maximum atomic E-state index is 5.89. The fraction of sp³-hybridized carbons (Fsp3) is 0.231. The van der Waals surface area contributed by atoms with Gasteiger partial charge in [0.05, 0.1) is 13.2 Å². The molecule has 1 unspecified atom stereocenters. The lowest BCUT2D eigenvalue weighted by atomic mass is 10.1. The first kappa shape index (κ1) is 12.3. The summed E-state index contributed by atoms with van der Waals surface area (Å²) >= 11 is 0. The number of allylic oxidation sites excluding steroid dienone is 4. The molecule has 0 aromatic carbocycles. The van der Waals surface area contributed by atoms with E-state index in [1.165, 1.54) is 0 Å². The molecule has 0 heterocycles. The largest absolute Gasteiger partial charge is 0.497 e. The Morgan fingerprint density at radius 1 is 1.44 bits per heavy atom. The second-order valence-electron chi connectivity index (χ2n) is 3.64. The Kier molecular flexibility index (Phi) is 4.14. The molecule has 0 amide bonds. The van der Waals surface area contributed by atoms with E-state index in [0.717, 1.165) is 17.6 Å². The van der Waals surface area contributed by atoms with Crippen molar-refractivity contribution in [3.63, 3.8) is 0 Å². The van der Waals surface area contributed by atoms with Crippen LogP contribution in [-0.4, -0.2) is 13.2 Å². The van der Waals surface area contributed by atoms with E-state index in [1.54, 1.807) is 7.11 Å². The van der Waals surface area contributed by atoms with E-state index in [-0.39, 0.29) is 6.04 Å². The Labute approximate surface area is 96.5 Å². The normalized spacial score (nSPS) is 16.9. The molecule has 0 bridgehead atoms. The summed E-state index contributed by atoms with van der Waals surface area (Å²) < 4.78 is 5.09. The molecule has 0 spiro atoms. The van der Waals surface area contributed by atoms with Crippen LogP contribution in [0.3, 0.4) is 0 Å². The van der Waals surface area contributed by atoms with Crippen LogP contribution in [0.2, 0.25) is 0 Å². The first-order valence-electron chi connectivity index (χ1n) is 5.06. The fourth-order valence-corrected chi connectivity index (χ4v) is 1.40. The van der Waals surface area contributed by atoms with Crippen LogP contribution in [0.1, 0.15) is 6.42 Å². The maximum Gasteiger partial charge on any atom is 0.115 e. The van der Waals surface area contributed by atoms with Crippen molar-refractivity contribution in [3.8, 4) is 0 Å². The summed E-state index contributed by atoms with van der Waals surface area (Å²) in [6.45, 7) is 7.46. The van der Waals surface area contributed by atoms with Gasteiger partial charge in [-0.25, -0.2) is 0 Å². The first-order chi connectivity index (χ1) is 7.56. The highest BCUT2D eigenvalue weighted by atomic mass is 16.5. The molecule has 0 saturated heterocycles. The van der Waals surface area contributed by atoms with Crippen LogP contribution in [0.15, 0.2) is 60.1 Å². The summed E-state index contributed by atoms with van der Waals surface area (Å²) in [4.78, 5) is 0. The SMILES string of the molecule is C=C(OC)C1=CC=C(C(N)C(=C)N)C=CC1. The van der Waals surface area contributed by atoms with Gasteiger partial charge < -0.3 is 16.2 Å². The predicted molar refractivity (Wildman–Crippen MR) is 67.4 cm³/mol. The van der Waals surface area contributed by atoms with Crippen LogP contribution in [-0.2, 0) is 4.74 Å². The van der Waals surface area contributed by atoms with Crippen LogP contribution in [0.5, 0.6) is 0 Å². The van der Waals surface area contributed by atoms with Gasteiger partial charge in [-0.05, 0) is 17.6 Å². The van der Waals surface area contributed by atoms with E-state index in [4.69, 9.17) is 16.2 Å². The van der Waals surface area contributed by atoms with Crippen molar-refractivity contribution in [1.82, 2.24) is 0 Å². The van der Waals surface area contributed by atoms with Gasteiger partial charge >= 0.3 is 0 Å². The second kappa shape index (κ2) is 5.37. The molecule has 0 saturated carbocycles. The molecule has 3 nitrogen and oxygen atoms in total. The third-order valence-corrected chi connectivity index (χ3v) is 2.49. The summed E-state index contributed by atoms with van der Waals surface area (Å²) in [6, 6.07) is -0.331. The zero-order valence-corrected chi connectivity index (χ0v) is 9.57. The monoisotopic (exact) mass is 218 g/mol. The topological polar surface area (TPSA) is 61.3 Å². The van der Waals surface area contributed by atoms with Gasteiger partial charge in [-0.3, -0.25) is 0 Å². The van der Waals surface area contributed by atoms with Crippen molar-refractivity contribution in [1.29, 1.82) is 0 Å². The number of hydrogen-bond acceptors (Lipinski definition) is 3. The van der Waals surface area contributed by atoms with E-state index in [0.29, 0.717) is 11.5 Å². The minimum absolute atomic E-state index is 0.331. The molecule has 0 aromatic rings. The first-order valence-corrected chi connectivity index (χ1v) is 5.06. The molecule has 1 aliphatic rings. The van der Waals surface area contributed by atoms with Crippen molar-refractivity contribution < 1.29 is 4.74 Å². The Morgan fingerprint density at radius 2 is 2.12 bits per heavy atom. The number of ether oxygens (including phenoxy) is 1. The Bertz CT molecular complexity index is 389. The summed E-state index contributed by atoms with van der Waals surface area (Å²) in [6.07, 6.45) is 8.61. The molecule has 0 aromatic heterocycles. The van der Waals surface area contributed by atoms with Crippen LogP contribution in [0, 0.1) is 0 Å². The molecule has 3 heteroatoms. The molecular formula is C13H18N2O. The Balaban J connectivity index is 2.91. The van der Waals surface area contributed by atoms with Crippen LogP contribution in [0.4, 0.5) is 0 Å². The summed E-state index contributed by atoms with van der Waals surface area (Å²) in [5.41, 5.74) is 13.9. The lowest BCUT2D eigenvalue weighted by molar-refractivity contribution is 0.301. The third-order valence-electron chi connectivity index (χ3n) is 2.49. The molecule has 4 N–H and O–H groups in total. The highest BCUT2D eigenvalue weighted by molar-refractivity contribution is 5.41. The number of nitrogens with two attached hydrogens (primary N) is 2. The van der Waals surface area contributed by atoms with E-state index >= 15 is 0 Å². The van der Waals surface area contributed by atoms with Crippen molar-refractivity contribution in [2.75, 3.05) is 7.11 Å². The van der Waals surface area contributed by atoms with Gasteiger partial charge in [0.2, 0.25) is 0 Å². The molecule has 86 valence electrons. The highest BCUT2D eigenvalue weighted by Crippen LogP contribution is 2.19. The molecular weight excluding hydrogens is 200 g/mol. The van der Waals surface area contributed by atoms with Gasteiger partial charge in [-0.1, -0.05) is 37.5 Å². The van der Waals surface area contributed by atoms with Crippen LogP contribution < -0.4 is 11.5 Å². The number of hydrogen-bond donors (Lipinski definition) is 2. The van der Waals surface area contributed by atoms with Crippen molar-refractivity contribution in [3.05, 3.63) is 60.1 Å². The van der Waals surface area contributed by atoms with E-state index in [2.05, 4.69) is 13.2 Å². The van der Waals surface area contributed by atoms with Gasteiger partial charge in [0.1, 0.15) is 5.76 Å². The average molecular weight is 218 g/mol. The zero-order valence-electron chi connectivity index (χ0n) is 9.57. The lowest BCUT2D eigenvalue weighted by Crippen LogP contribution is -2.28. The number of methoxy groups -OCH3 is 1. The third kappa shape index (κ3) is 2.87. The van der Waals surface area contributed by atoms with Crippen LogP contribution >= 0.6 is 0 Å². The summed E-state index contributed by atoms with van der Waals surface area (Å²) in [5, 5.41) is 0. The maximum absolute atomic E-state index is 5.89. The zero-order chi connectivity index (χ0) is 12.1. The fourth-order valence-electron chi connectivity index (χ4n) is 1.40. The molecule has 1 rings (SSSR count). The minimum atomic E-state index is -0.331. The molecule has 1 aliphatic carbocycles. The molecule has 0 aliphatic heterocycles. The predicted octanol–water partition coefficient (Wildman–Crippen LogP) is 1.76. The quantitative estimate of drug-likeness (QED) is 0.707.